The molecule has 2 aliphatic rings. The molecule has 0 N–H and O–H groups in total. The van der Waals surface area contributed by atoms with Crippen LogP contribution in [0.5, 0.6) is 0 Å². The lowest BCUT2D eigenvalue weighted by Crippen LogP contribution is -2.48. The van der Waals surface area contributed by atoms with Gasteiger partial charge in [0, 0.05) is 13.1 Å². The number of nitrogens with zero attached hydrogens (tertiary/aromatic N) is 2. The van der Waals surface area contributed by atoms with Crippen molar-refractivity contribution in [2.24, 2.45) is 10.6 Å². The van der Waals surface area contributed by atoms with Crippen molar-refractivity contribution in [3.63, 3.8) is 0 Å². The normalized spacial score (nSPS) is 24.6. The van der Waals surface area contributed by atoms with Gasteiger partial charge in [-0.1, -0.05) is 12.1 Å². The maximum absolute atomic E-state index is 12.1. The van der Waals surface area contributed by atoms with Crippen molar-refractivity contribution in [1.29, 1.82) is 0 Å². The Kier molecular flexibility index (Phi) is 4.63. The maximum Gasteiger partial charge on any atom is 0.410 e. The summed E-state index contributed by atoms with van der Waals surface area (Å²) in [4.78, 5) is 29.7. The SMILES string of the molecule is CC(C)(C)OC(=O)N1CCC(C)(C2=NOC[C@H](C=O)O2)CC1. The van der Waals surface area contributed by atoms with Crippen LogP contribution in [0.4, 0.5) is 4.79 Å². The van der Waals surface area contributed by atoms with Gasteiger partial charge in [0.2, 0.25) is 5.90 Å². The van der Waals surface area contributed by atoms with Crippen LogP contribution in [0, 0.1) is 5.41 Å². The molecule has 0 bridgehead atoms. The molecule has 1 amide bonds. The van der Waals surface area contributed by atoms with E-state index in [4.69, 9.17) is 14.3 Å². The van der Waals surface area contributed by atoms with Crippen LogP contribution in [0.15, 0.2) is 5.16 Å². The molecule has 22 heavy (non-hydrogen) atoms. The summed E-state index contributed by atoms with van der Waals surface area (Å²) in [6.45, 7) is 8.81. The Morgan fingerprint density at radius 3 is 2.59 bits per heavy atom. The van der Waals surface area contributed by atoms with E-state index < -0.39 is 11.7 Å². The van der Waals surface area contributed by atoms with Crippen molar-refractivity contribution in [2.45, 2.75) is 52.2 Å². The van der Waals surface area contributed by atoms with Gasteiger partial charge >= 0.3 is 6.09 Å². The van der Waals surface area contributed by atoms with Crippen LogP contribution in [0.1, 0.15) is 40.5 Å². The zero-order valence-corrected chi connectivity index (χ0v) is 13.6. The highest BCUT2D eigenvalue weighted by Crippen LogP contribution is 2.35. The predicted octanol–water partition coefficient (Wildman–Crippen LogP) is 1.95. The standard InChI is InChI=1S/C15H24N2O5/c1-14(2,3)22-13(19)17-7-5-15(4,6-8-17)12-16-20-10-11(9-18)21-12/h9,11H,5-8,10H2,1-4H3/t11-/m0/s1. The molecule has 7 heteroatoms. The van der Waals surface area contributed by atoms with Crippen LogP contribution in [-0.4, -0.2) is 54.6 Å². The van der Waals surface area contributed by atoms with Crippen LogP contribution in [0.25, 0.3) is 0 Å². The van der Waals surface area contributed by atoms with Crippen LogP contribution in [0.2, 0.25) is 0 Å². The van der Waals surface area contributed by atoms with E-state index in [0.29, 0.717) is 38.1 Å². The van der Waals surface area contributed by atoms with Crippen molar-refractivity contribution in [3.8, 4) is 0 Å². The molecule has 1 saturated heterocycles. The summed E-state index contributed by atoms with van der Waals surface area (Å²) in [5.41, 5.74) is -0.834. The Morgan fingerprint density at radius 1 is 1.41 bits per heavy atom. The summed E-state index contributed by atoms with van der Waals surface area (Å²) in [5.74, 6) is 0.444. The van der Waals surface area contributed by atoms with Crippen molar-refractivity contribution >= 4 is 18.3 Å². The topological polar surface area (TPSA) is 77.4 Å². The maximum atomic E-state index is 12.1. The van der Waals surface area contributed by atoms with E-state index in [-0.39, 0.29) is 18.1 Å². The van der Waals surface area contributed by atoms with Crippen molar-refractivity contribution in [2.75, 3.05) is 19.7 Å². The van der Waals surface area contributed by atoms with Gasteiger partial charge in [-0.15, -0.1) is 0 Å². The first-order valence-corrected chi connectivity index (χ1v) is 7.54. The summed E-state index contributed by atoms with van der Waals surface area (Å²) in [7, 11) is 0. The van der Waals surface area contributed by atoms with Gasteiger partial charge in [-0.05, 0) is 33.6 Å². The fraction of sp³-hybridized carbons (Fsp3) is 0.800. The van der Waals surface area contributed by atoms with Gasteiger partial charge in [0.15, 0.2) is 19.0 Å². The smallest absolute Gasteiger partial charge is 0.410 e. The molecule has 2 aliphatic heterocycles. The van der Waals surface area contributed by atoms with Crippen LogP contribution in [-0.2, 0) is 19.1 Å². The lowest BCUT2D eigenvalue weighted by atomic mass is 9.80. The molecule has 0 spiro atoms. The van der Waals surface area contributed by atoms with Crippen molar-refractivity contribution in [3.05, 3.63) is 0 Å². The number of piperidine rings is 1. The van der Waals surface area contributed by atoms with Gasteiger partial charge in [-0.2, -0.15) is 0 Å². The minimum Gasteiger partial charge on any atom is -0.463 e. The Morgan fingerprint density at radius 2 is 2.05 bits per heavy atom. The highest BCUT2D eigenvalue weighted by atomic mass is 16.7. The number of aldehydes is 1. The number of hydrogen-bond acceptors (Lipinski definition) is 6. The quantitative estimate of drug-likeness (QED) is 0.728. The molecule has 0 aromatic heterocycles. The van der Waals surface area contributed by atoms with E-state index in [1.54, 1.807) is 4.90 Å². The fourth-order valence-electron chi connectivity index (χ4n) is 2.41. The molecule has 0 aromatic rings. The molecule has 0 saturated carbocycles. The second-order valence-corrected chi connectivity index (χ2v) is 7.01. The summed E-state index contributed by atoms with van der Waals surface area (Å²) < 4.78 is 11.0. The number of likely N-dealkylation sites (tertiary alicyclic amines) is 1. The van der Waals surface area contributed by atoms with Gasteiger partial charge in [0.25, 0.3) is 0 Å². The Bertz CT molecular complexity index is 461. The first-order chi connectivity index (χ1) is 10.2. The van der Waals surface area contributed by atoms with E-state index in [1.807, 2.05) is 27.7 Å². The monoisotopic (exact) mass is 312 g/mol. The van der Waals surface area contributed by atoms with Gasteiger partial charge in [-0.3, -0.25) is 4.79 Å². The summed E-state index contributed by atoms with van der Waals surface area (Å²) >= 11 is 0. The molecular weight excluding hydrogens is 288 g/mol. The number of carbonyl (C=O) groups is 2. The zero-order valence-electron chi connectivity index (χ0n) is 13.6. The predicted molar refractivity (Wildman–Crippen MR) is 79.5 cm³/mol. The third-order valence-corrected chi connectivity index (χ3v) is 3.84. The van der Waals surface area contributed by atoms with Crippen LogP contribution >= 0.6 is 0 Å². The zero-order chi connectivity index (χ0) is 16.4. The molecular formula is C15H24N2O5. The Hall–Kier alpha value is -1.79. The number of oxime groups is 1. The van der Waals surface area contributed by atoms with Crippen LogP contribution in [0.3, 0.4) is 0 Å². The van der Waals surface area contributed by atoms with Crippen molar-refractivity contribution in [1.82, 2.24) is 4.90 Å². The number of carbonyl (C=O) groups excluding carboxylic acids is 2. The largest absolute Gasteiger partial charge is 0.463 e. The number of hydrogen-bond donors (Lipinski definition) is 0. The number of ether oxygens (including phenoxy) is 2. The molecule has 2 heterocycles. The number of amides is 1. The molecule has 0 unspecified atom stereocenters. The minimum absolute atomic E-state index is 0.146. The third-order valence-electron chi connectivity index (χ3n) is 3.84. The Labute approximate surface area is 130 Å². The third kappa shape index (κ3) is 3.90. The molecule has 124 valence electrons. The molecule has 1 atom stereocenters. The van der Waals surface area contributed by atoms with E-state index in [0.717, 1.165) is 0 Å². The summed E-state index contributed by atoms with van der Waals surface area (Å²) in [6.07, 6.45) is 1.17. The van der Waals surface area contributed by atoms with Gasteiger partial charge in [0.1, 0.15) is 5.60 Å². The van der Waals surface area contributed by atoms with Crippen molar-refractivity contribution < 1.29 is 23.9 Å². The lowest BCUT2D eigenvalue weighted by Gasteiger charge is -2.40. The molecule has 0 aliphatic carbocycles. The average molecular weight is 312 g/mol. The lowest BCUT2D eigenvalue weighted by molar-refractivity contribution is -0.119. The van der Waals surface area contributed by atoms with Gasteiger partial charge in [0.05, 0.1) is 5.41 Å². The molecule has 7 nitrogen and oxygen atoms in total. The minimum atomic E-state index is -0.604. The first-order valence-electron chi connectivity index (χ1n) is 7.54. The van der Waals surface area contributed by atoms with E-state index in [2.05, 4.69) is 5.16 Å². The molecule has 1 fully saturated rings. The molecule has 0 radical (unpaired) electrons. The highest BCUT2D eigenvalue weighted by Gasteiger charge is 2.41. The Balaban J connectivity index is 1.94. The highest BCUT2D eigenvalue weighted by molar-refractivity contribution is 5.84. The van der Waals surface area contributed by atoms with Crippen LogP contribution < -0.4 is 0 Å². The second kappa shape index (κ2) is 6.14. The first kappa shape index (κ1) is 16.6. The van der Waals surface area contributed by atoms with E-state index in [9.17, 15) is 9.59 Å². The second-order valence-electron chi connectivity index (χ2n) is 7.01. The average Bonchev–Trinajstić information content (AvgIpc) is 2.46. The van der Waals surface area contributed by atoms with E-state index >= 15 is 0 Å². The van der Waals surface area contributed by atoms with E-state index in [1.165, 1.54) is 0 Å². The van der Waals surface area contributed by atoms with Gasteiger partial charge in [-0.25, -0.2) is 4.79 Å². The van der Waals surface area contributed by atoms with Gasteiger partial charge < -0.3 is 19.2 Å². The molecule has 2 rings (SSSR count). The summed E-state index contributed by atoms with van der Waals surface area (Å²) in [5, 5.41) is 3.95. The number of rotatable bonds is 2. The fourth-order valence-corrected chi connectivity index (χ4v) is 2.41. The summed E-state index contributed by atoms with van der Waals surface area (Å²) in [6, 6.07) is 0. The molecule has 0 aromatic carbocycles.